The summed E-state index contributed by atoms with van der Waals surface area (Å²) in [6.45, 7) is 0.00143. The molecule has 2 aromatic carbocycles. The summed E-state index contributed by atoms with van der Waals surface area (Å²) in [7, 11) is 0. The second kappa shape index (κ2) is 7.88. The summed E-state index contributed by atoms with van der Waals surface area (Å²) in [6, 6.07) is 15.4. The third-order valence-corrected chi connectivity index (χ3v) is 4.57. The van der Waals surface area contributed by atoms with Gasteiger partial charge in [0.1, 0.15) is 5.75 Å². The number of amides is 3. The average Bonchev–Trinajstić information content (AvgIpc) is 2.87. The first kappa shape index (κ1) is 17.8. The minimum Gasteiger partial charge on any atom is -0.508 e. The van der Waals surface area contributed by atoms with E-state index in [4.69, 9.17) is 0 Å². The smallest absolute Gasteiger partial charge is 0.293 e. The molecular formula is C19H16N2O4S. The molecule has 2 aromatic rings. The van der Waals surface area contributed by atoms with E-state index >= 15 is 0 Å². The Morgan fingerprint density at radius 1 is 1.12 bits per heavy atom. The van der Waals surface area contributed by atoms with Gasteiger partial charge in [-0.3, -0.25) is 19.3 Å². The van der Waals surface area contributed by atoms with E-state index in [-0.39, 0.29) is 29.9 Å². The molecule has 2 N–H and O–H groups in total. The number of anilines is 1. The molecule has 3 amide bonds. The summed E-state index contributed by atoms with van der Waals surface area (Å²) in [5.41, 5.74) is 1.28. The third kappa shape index (κ3) is 4.31. The Labute approximate surface area is 154 Å². The van der Waals surface area contributed by atoms with E-state index in [2.05, 4.69) is 5.32 Å². The van der Waals surface area contributed by atoms with E-state index in [0.717, 1.165) is 22.2 Å². The predicted molar refractivity (Wildman–Crippen MR) is 100 cm³/mol. The van der Waals surface area contributed by atoms with Crippen molar-refractivity contribution in [1.82, 2.24) is 4.90 Å². The van der Waals surface area contributed by atoms with Crippen LogP contribution in [0, 0.1) is 0 Å². The first-order chi connectivity index (χ1) is 12.5. The molecule has 3 rings (SSSR count). The third-order valence-electron chi connectivity index (χ3n) is 3.66. The second-order valence-corrected chi connectivity index (χ2v) is 6.59. The van der Waals surface area contributed by atoms with Crippen LogP contribution in [-0.2, 0) is 9.59 Å². The number of hydrogen-bond donors (Lipinski definition) is 2. The van der Waals surface area contributed by atoms with Gasteiger partial charge in [-0.25, -0.2) is 0 Å². The summed E-state index contributed by atoms with van der Waals surface area (Å²) in [5, 5.41) is 11.6. The SMILES string of the molecule is O=C(CCN1C(=O)S/C(=C\c2ccccc2)C1=O)Nc1cccc(O)c1. The van der Waals surface area contributed by atoms with Crippen molar-refractivity contribution >= 4 is 40.6 Å². The molecule has 26 heavy (non-hydrogen) atoms. The van der Waals surface area contributed by atoms with Crippen LogP contribution in [-0.4, -0.2) is 33.6 Å². The molecule has 0 aliphatic carbocycles. The lowest BCUT2D eigenvalue weighted by molar-refractivity contribution is -0.123. The minimum atomic E-state index is -0.394. The number of rotatable bonds is 5. The Morgan fingerprint density at radius 2 is 1.88 bits per heavy atom. The van der Waals surface area contributed by atoms with Gasteiger partial charge in [0.15, 0.2) is 0 Å². The highest BCUT2D eigenvalue weighted by Crippen LogP contribution is 2.32. The first-order valence-electron chi connectivity index (χ1n) is 7.92. The van der Waals surface area contributed by atoms with Crippen molar-refractivity contribution in [3.8, 4) is 5.75 Å². The molecule has 1 heterocycles. The number of phenols is 1. The molecule has 0 radical (unpaired) electrons. The highest BCUT2D eigenvalue weighted by molar-refractivity contribution is 8.18. The van der Waals surface area contributed by atoms with Crippen LogP contribution in [0.1, 0.15) is 12.0 Å². The maximum absolute atomic E-state index is 12.4. The topological polar surface area (TPSA) is 86.7 Å². The molecule has 1 fully saturated rings. The van der Waals surface area contributed by atoms with E-state index in [1.807, 2.05) is 30.3 Å². The van der Waals surface area contributed by atoms with E-state index in [1.54, 1.807) is 18.2 Å². The number of imide groups is 1. The number of nitrogens with one attached hydrogen (secondary N) is 1. The second-order valence-electron chi connectivity index (χ2n) is 5.59. The number of hydrogen-bond acceptors (Lipinski definition) is 5. The fourth-order valence-electron chi connectivity index (χ4n) is 2.41. The summed E-state index contributed by atoms with van der Waals surface area (Å²) in [5.74, 6) is -0.699. The summed E-state index contributed by atoms with van der Waals surface area (Å²) in [4.78, 5) is 37.9. The lowest BCUT2D eigenvalue weighted by atomic mass is 10.2. The van der Waals surface area contributed by atoms with E-state index in [0.29, 0.717) is 10.6 Å². The maximum atomic E-state index is 12.4. The van der Waals surface area contributed by atoms with Gasteiger partial charge in [0.2, 0.25) is 5.91 Å². The minimum absolute atomic E-state index is 0.00143. The van der Waals surface area contributed by atoms with Crippen molar-refractivity contribution in [3.05, 3.63) is 65.1 Å². The van der Waals surface area contributed by atoms with Crippen molar-refractivity contribution in [1.29, 1.82) is 0 Å². The standard InChI is InChI=1S/C19H16N2O4S/c22-15-8-4-7-14(12-15)20-17(23)9-10-21-18(24)16(26-19(21)25)11-13-5-2-1-3-6-13/h1-8,11-12,22H,9-10H2,(H,20,23)/b16-11-. The van der Waals surface area contributed by atoms with Gasteiger partial charge in [-0.1, -0.05) is 36.4 Å². The van der Waals surface area contributed by atoms with Crippen molar-refractivity contribution in [3.63, 3.8) is 0 Å². The molecule has 7 heteroatoms. The van der Waals surface area contributed by atoms with Gasteiger partial charge >= 0.3 is 0 Å². The van der Waals surface area contributed by atoms with Gasteiger partial charge in [-0.2, -0.15) is 0 Å². The van der Waals surface area contributed by atoms with Gasteiger partial charge in [-0.05, 0) is 35.5 Å². The molecule has 1 aliphatic heterocycles. The van der Waals surface area contributed by atoms with Crippen LogP contribution in [0.3, 0.4) is 0 Å². The Hall–Kier alpha value is -3.06. The number of nitrogens with zero attached hydrogens (tertiary/aromatic N) is 1. The quantitative estimate of drug-likeness (QED) is 0.790. The maximum Gasteiger partial charge on any atom is 0.293 e. The summed E-state index contributed by atoms with van der Waals surface area (Å²) < 4.78 is 0. The predicted octanol–water partition coefficient (Wildman–Crippen LogP) is 3.46. The van der Waals surface area contributed by atoms with Crippen LogP contribution in [0.4, 0.5) is 10.5 Å². The van der Waals surface area contributed by atoms with Gasteiger partial charge in [0, 0.05) is 24.7 Å². The van der Waals surface area contributed by atoms with Crippen LogP contribution in [0.2, 0.25) is 0 Å². The van der Waals surface area contributed by atoms with Gasteiger partial charge in [0.05, 0.1) is 4.91 Å². The zero-order valence-electron chi connectivity index (χ0n) is 13.7. The Kier molecular flexibility index (Phi) is 5.38. The van der Waals surface area contributed by atoms with Crippen LogP contribution in [0.25, 0.3) is 6.08 Å². The van der Waals surface area contributed by atoms with Gasteiger partial charge in [0.25, 0.3) is 11.1 Å². The molecule has 1 aliphatic rings. The summed E-state index contributed by atoms with van der Waals surface area (Å²) >= 11 is 0.868. The molecule has 0 spiro atoms. The molecule has 1 saturated heterocycles. The number of carbonyl (C=O) groups excluding carboxylic acids is 3. The molecule has 0 atom stereocenters. The van der Waals surface area contributed by atoms with Crippen molar-refractivity contribution in [2.75, 3.05) is 11.9 Å². The van der Waals surface area contributed by atoms with Crippen LogP contribution < -0.4 is 5.32 Å². The molecule has 0 aromatic heterocycles. The lowest BCUT2D eigenvalue weighted by Gasteiger charge is -2.12. The lowest BCUT2D eigenvalue weighted by Crippen LogP contribution is -2.31. The van der Waals surface area contributed by atoms with Crippen LogP contribution in [0.5, 0.6) is 5.75 Å². The van der Waals surface area contributed by atoms with Gasteiger partial charge < -0.3 is 10.4 Å². The molecule has 0 unspecified atom stereocenters. The number of benzene rings is 2. The number of carbonyl (C=O) groups is 3. The Balaban J connectivity index is 1.59. The molecule has 0 saturated carbocycles. The molecular weight excluding hydrogens is 352 g/mol. The molecule has 6 nitrogen and oxygen atoms in total. The fourth-order valence-corrected chi connectivity index (χ4v) is 3.28. The number of thioether (sulfide) groups is 1. The van der Waals surface area contributed by atoms with E-state index < -0.39 is 5.91 Å². The highest BCUT2D eigenvalue weighted by atomic mass is 32.2. The van der Waals surface area contributed by atoms with E-state index in [1.165, 1.54) is 12.1 Å². The Bertz CT molecular complexity index is 880. The van der Waals surface area contributed by atoms with E-state index in [9.17, 15) is 19.5 Å². The first-order valence-corrected chi connectivity index (χ1v) is 8.74. The Morgan fingerprint density at radius 3 is 2.62 bits per heavy atom. The van der Waals surface area contributed by atoms with Crippen molar-refractivity contribution in [2.24, 2.45) is 0 Å². The zero-order valence-corrected chi connectivity index (χ0v) is 14.5. The van der Waals surface area contributed by atoms with Crippen molar-refractivity contribution in [2.45, 2.75) is 6.42 Å². The average molecular weight is 368 g/mol. The molecule has 132 valence electrons. The highest BCUT2D eigenvalue weighted by Gasteiger charge is 2.34. The van der Waals surface area contributed by atoms with Gasteiger partial charge in [-0.15, -0.1) is 0 Å². The number of aromatic hydroxyl groups is 1. The summed E-state index contributed by atoms with van der Waals surface area (Å²) in [6.07, 6.45) is 1.64. The van der Waals surface area contributed by atoms with Crippen LogP contribution >= 0.6 is 11.8 Å². The van der Waals surface area contributed by atoms with Crippen molar-refractivity contribution < 1.29 is 19.5 Å². The zero-order chi connectivity index (χ0) is 18.5. The van der Waals surface area contributed by atoms with Crippen LogP contribution in [0.15, 0.2) is 59.5 Å². The fraction of sp³-hybridized carbons (Fsp3) is 0.105. The normalized spacial score (nSPS) is 15.5. The largest absolute Gasteiger partial charge is 0.508 e. The molecule has 0 bridgehead atoms. The number of phenolic OH excluding ortho intramolecular Hbond substituents is 1. The monoisotopic (exact) mass is 368 g/mol.